The first kappa shape index (κ1) is 51.8. The minimum absolute atomic E-state index is 0.0694. The summed E-state index contributed by atoms with van der Waals surface area (Å²) in [4.78, 5) is 0. The van der Waals surface area contributed by atoms with Gasteiger partial charge >= 0.3 is 294 Å². The van der Waals surface area contributed by atoms with Crippen LogP contribution in [0.4, 0.5) is 20.8 Å². The van der Waals surface area contributed by atoms with E-state index < -0.39 is 87.9 Å². The van der Waals surface area contributed by atoms with Crippen molar-refractivity contribution in [1.82, 2.24) is 0 Å². The zero-order chi connectivity index (χ0) is 39.2. The first-order valence-corrected chi connectivity index (χ1v) is 29.8. The number of rotatable bonds is 7. The molecular formula is C19H26As6F6O18. The molecule has 0 saturated heterocycles. The second kappa shape index (κ2) is 24.6. The molecule has 0 fully saturated rings. The van der Waals surface area contributed by atoms with Crippen molar-refractivity contribution in [2.45, 2.75) is 0 Å². The summed E-state index contributed by atoms with van der Waals surface area (Å²) in [7, 11) is 0.847. The number of hydrogen-bond acceptors (Lipinski definition) is 10. The van der Waals surface area contributed by atoms with E-state index in [-0.39, 0.29) is 17.2 Å². The molecule has 4 unspecified atom stereocenters. The third-order valence-corrected chi connectivity index (χ3v) is 6.80. The maximum absolute atomic E-state index is 12.0. The molecule has 282 valence electrons. The summed E-state index contributed by atoms with van der Waals surface area (Å²) in [5.41, 5.74) is 0. The Morgan fingerprint density at radius 3 is 0.633 bits per heavy atom. The van der Waals surface area contributed by atoms with Gasteiger partial charge in [0.25, 0.3) is 0 Å². The molecule has 0 spiro atoms. The second-order valence-corrected chi connectivity index (χ2v) is 20.6. The molecule has 0 saturated carbocycles. The van der Waals surface area contributed by atoms with Crippen molar-refractivity contribution < 1.29 is 90.9 Å². The van der Waals surface area contributed by atoms with E-state index >= 15 is 0 Å². The minimum atomic E-state index is -5.62. The predicted molar refractivity (Wildman–Crippen MR) is 151 cm³/mol. The third-order valence-electron chi connectivity index (χ3n) is 3.11. The van der Waals surface area contributed by atoms with E-state index in [0.29, 0.717) is 0 Å². The summed E-state index contributed by atoms with van der Waals surface area (Å²) in [5, 5.41) is 0. The first-order chi connectivity index (χ1) is 21.8. The van der Waals surface area contributed by atoms with Crippen LogP contribution >= 0.6 is 0 Å². The van der Waals surface area contributed by atoms with Gasteiger partial charge in [-0.3, -0.25) is 0 Å². The summed E-state index contributed by atoms with van der Waals surface area (Å²) in [6.45, 7) is 0. The van der Waals surface area contributed by atoms with Crippen LogP contribution in [0.5, 0.6) is 17.2 Å². The quantitative estimate of drug-likeness (QED) is 0.112. The summed E-state index contributed by atoms with van der Waals surface area (Å²) in [6, 6.07) is 23.0. The van der Waals surface area contributed by atoms with E-state index in [2.05, 4.69) is 14.9 Å². The second-order valence-electron chi connectivity index (χ2n) is 7.15. The molecule has 30 heteroatoms. The Morgan fingerprint density at radius 1 is 0.388 bits per heavy atom. The molecule has 0 radical (unpaired) electrons. The SMILES string of the molecule is CO[As](=O)(O)F.O=[As](O)(F)Oc1ccccc1.O=[As](O)(F)Oc1ccccc1.O=[As](O)(F)Oc1ccccc1.O=[As](O)(O)F.O=[As](O)(O)F. The van der Waals surface area contributed by atoms with Gasteiger partial charge in [-0.2, -0.15) is 0 Å². The van der Waals surface area contributed by atoms with Crippen LogP contribution < -0.4 is 11.2 Å². The molecule has 0 aliphatic heterocycles. The van der Waals surface area contributed by atoms with Crippen LogP contribution in [0.1, 0.15) is 0 Å². The van der Waals surface area contributed by atoms with Crippen molar-refractivity contribution in [3.05, 3.63) is 91.0 Å². The number of para-hydroxylation sites is 3. The molecule has 0 heterocycles. The van der Waals surface area contributed by atoms with E-state index in [1.54, 1.807) is 54.6 Å². The van der Waals surface area contributed by atoms with Crippen LogP contribution in [-0.2, 0) is 26.2 Å². The average Bonchev–Trinajstić information content (AvgIpc) is 2.86. The van der Waals surface area contributed by atoms with Gasteiger partial charge in [0.15, 0.2) is 0 Å². The monoisotopic (exact) mass is 1110 g/mol. The van der Waals surface area contributed by atoms with Gasteiger partial charge in [0.2, 0.25) is 0 Å². The molecule has 3 aromatic rings. The molecule has 0 aromatic heterocycles. The molecule has 8 N–H and O–H groups in total. The van der Waals surface area contributed by atoms with Crippen molar-refractivity contribution in [1.29, 1.82) is 0 Å². The standard InChI is InChI=1S/3C6H6AsFO3.CH4AsFO3.2AsFH2O3/c3*8-7(9,10)11-6-4-2-1-3-5-6;1-6-2(3,4)5;2*2-1(3,4)5/h3*1-5H,(H,9,10);1H3,(H,4,5);2*(H2,3,4,5). The van der Waals surface area contributed by atoms with Gasteiger partial charge in [0.1, 0.15) is 0 Å². The molecule has 3 aromatic carbocycles. The van der Waals surface area contributed by atoms with Crippen molar-refractivity contribution in [2.24, 2.45) is 0 Å². The van der Waals surface area contributed by atoms with Crippen molar-refractivity contribution in [3.8, 4) is 17.2 Å². The van der Waals surface area contributed by atoms with Crippen molar-refractivity contribution in [3.63, 3.8) is 0 Å². The van der Waals surface area contributed by atoms with Crippen LogP contribution in [-0.4, -0.2) is 128 Å². The summed E-state index contributed by atoms with van der Waals surface area (Å²) < 4.78 is 201. The van der Waals surface area contributed by atoms with Gasteiger partial charge < -0.3 is 0 Å². The fourth-order valence-electron chi connectivity index (χ4n) is 1.83. The van der Waals surface area contributed by atoms with Crippen LogP contribution in [0.2, 0.25) is 0 Å². The Morgan fingerprint density at radius 2 is 0.531 bits per heavy atom. The Bertz CT molecular complexity index is 1410. The summed E-state index contributed by atoms with van der Waals surface area (Å²) in [6.07, 6.45) is 0. The van der Waals surface area contributed by atoms with Gasteiger partial charge in [0, 0.05) is 0 Å². The molecular weight excluding hydrogens is 1080 g/mol. The van der Waals surface area contributed by atoms with Gasteiger partial charge in [0.05, 0.1) is 0 Å². The Kier molecular flexibility index (Phi) is 26.0. The zero-order valence-corrected chi connectivity index (χ0v) is 35.0. The fraction of sp³-hybridized carbons (Fsp3) is 0.0526. The van der Waals surface area contributed by atoms with Crippen molar-refractivity contribution in [2.75, 3.05) is 7.11 Å². The normalized spacial score (nSPS) is 15.2. The fourth-order valence-corrected chi connectivity index (χ4v) is 4.24. The van der Waals surface area contributed by atoms with Crippen LogP contribution in [0.3, 0.4) is 0 Å². The van der Waals surface area contributed by atoms with E-state index in [1.807, 2.05) is 0 Å². The van der Waals surface area contributed by atoms with Gasteiger partial charge in [-0.25, -0.2) is 0 Å². The predicted octanol–water partition coefficient (Wildman–Crippen LogP) is -0.246. The zero-order valence-electron chi connectivity index (χ0n) is 23.8. The summed E-state index contributed by atoms with van der Waals surface area (Å²) >= 11 is -32.8. The Hall–Kier alpha value is -1.57. The van der Waals surface area contributed by atoms with E-state index in [4.69, 9.17) is 40.2 Å². The van der Waals surface area contributed by atoms with Crippen LogP contribution in [0, 0.1) is 0 Å². The van der Waals surface area contributed by atoms with Crippen LogP contribution in [0.15, 0.2) is 91.0 Å². The topological polar surface area (TPSA) is 301 Å². The number of benzene rings is 3. The number of hydrogen-bond donors (Lipinski definition) is 8. The Labute approximate surface area is 292 Å². The summed E-state index contributed by atoms with van der Waals surface area (Å²) in [5.74, 6) is 0.208. The molecule has 4 atom stereocenters. The maximum atomic E-state index is 12.0. The van der Waals surface area contributed by atoms with Crippen LogP contribution in [0.25, 0.3) is 0 Å². The van der Waals surface area contributed by atoms with Gasteiger partial charge in [-0.05, 0) is 0 Å². The molecule has 49 heavy (non-hydrogen) atoms. The van der Waals surface area contributed by atoms with E-state index in [0.717, 1.165) is 7.11 Å². The van der Waals surface area contributed by atoms with Gasteiger partial charge in [-0.15, -0.1) is 0 Å². The third kappa shape index (κ3) is 56.1. The first-order valence-electron chi connectivity index (χ1n) is 11.2. The van der Waals surface area contributed by atoms with E-state index in [9.17, 15) is 35.8 Å². The molecule has 0 amide bonds. The van der Waals surface area contributed by atoms with Gasteiger partial charge in [-0.1, -0.05) is 0 Å². The molecule has 0 aliphatic rings. The molecule has 3 rings (SSSR count). The molecule has 0 bridgehead atoms. The average molecular weight is 1110 g/mol. The molecule has 18 nitrogen and oxygen atoms in total. The molecule has 0 aliphatic carbocycles. The van der Waals surface area contributed by atoms with Crippen molar-refractivity contribution >= 4 is 87.9 Å². The number of halogens is 6. The van der Waals surface area contributed by atoms with E-state index in [1.165, 1.54) is 36.4 Å². The Balaban J connectivity index is -0.000000537.